The molecule has 5 heteroatoms. The minimum absolute atomic E-state index is 0.0749. The molecule has 1 aromatic carbocycles. The van der Waals surface area contributed by atoms with Crippen molar-refractivity contribution in [3.8, 4) is 0 Å². The molecule has 0 aliphatic heterocycles. The van der Waals surface area contributed by atoms with Crippen LogP contribution in [-0.4, -0.2) is 11.5 Å². The van der Waals surface area contributed by atoms with Crippen molar-refractivity contribution in [2.45, 2.75) is 19.4 Å². The van der Waals surface area contributed by atoms with Crippen LogP contribution in [0.2, 0.25) is 5.02 Å². The van der Waals surface area contributed by atoms with Gasteiger partial charge in [0, 0.05) is 29.1 Å². The largest absolute Gasteiger partial charge is 0.310 e. The van der Waals surface area contributed by atoms with E-state index in [1.807, 2.05) is 13.1 Å². The molecule has 0 bridgehead atoms. The average Bonchev–Trinajstić information content (AvgIpc) is 2.85. The molecule has 96 valence electrons. The van der Waals surface area contributed by atoms with E-state index in [4.69, 9.17) is 11.6 Å². The van der Waals surface area contributed by atoms with Gasteiger partial charge in [0.25, 0.3) is 0 Å². The molecule has 1 N–H and O–H groups in total. The Balaban J connectivity index is 2.26. The average molecular weight is 285 g/mol. The molecule has 1 aromatic heterocycles. The number of nitrogens with zero attached hydrogens (tertiary/aromatic N) is 1. The van der Waals surface area contributed by atoms with Gasteiger partial charge in [0.05, 0.1) is 10.5 Å². The second kappa shape index (κ2) is 6.27. The van der Waals surface area contributed by atoms with Crippen LogP contribution >= 0.6 is 22.9 Å². The van der Waals surface area contributed by atoms with E-state index in [1.165, 1.54) is 0 Å². The van der Waals surface area contributed by atoms with E-state index in [0.717, 1.165) is 17.8 Å². The fraction of sp³-hybridized carbons (Fsp3) is 0.308. The summed E-state index contributed by atoms with van der Waals surface area (Å²) in [4.78, 5) is 5.17. The van der Waals surface area contributed by atoms with E-state index in [-0.39, 0.29) is 16.9 Å². The molecule has 0 saturated heterocycles. The normalized spacial score (nSPS) is 12.6. The summed E-state index contributed by atoms with van der Waals surface area (Å²) in [6, 6.07) is 5.04. The molecule has 0 fully saturated rings. The Labute approximate surface area is 115 Å². The number of hydrogen-bond acceptors (Lipinski definition) is 3. The standard InChI is InChI=1S/C13H14ClFN2S/c1-2-17-12(6-9-7-16-8-18-9)10-4-3-5-11(14)13(10)15/h3-5,7-8,12,17H,2,6H2,1H3. The van der Waals surface area contributed by atoms with Gasteiger partial charge in [0.1, 0.15) is 5.82 Å². The number of thiazole rings is 1. The molecule has 2 nitrogen and oxygen atoms in total. The predicted octanol–water partition coefficient (Wildman–Crippen LogP) is 3.83. The molecular weight excluding hydrogens is 271 g/mol. The molecule has 2 rings (SSSR count). The smallest absolute Gasteiger partial charge is 0.146 e. The molecule has 0 spiro atoms. The summed E-state index contributed by atoms with van der Waals surface area (Å²) in [5, 5.41) is 3.45. The van der Waals surface area contributed by atoms with Crippen molar-refractivity contribution in [1.29, 1.82) is 0 Å². The number of rotatable bonds is 5. The van der Waals surface area contributed by atoms with Crippen LogP contribution in [0.3, 0.4) is 0 Å². The summed E-state index contributed by atoms with van der Waals surface area (Å²) in [5.41, 5.74) is 2.39. The lowest BCUT2D eigenvalue weighted by atomic mass is 10.0. The van der Waals surface area contributed by atoms with Gasteiger partial charge < -0.3 is 5.32 Å². The molecule has 2 aromatic rings. The van der Waals surface area contributed by atoms with E-state index in [1.54, 1.807) is 35.0 Å². The summed E-state index contributed by atoms with van der Waals surface area (Å²) in [6.07, 6.45) is 2.53. The second-order valence-corrected chi connectivity index (χ2v) is 5.30. The topological polar surface area (TPSA) is 24.9 Å². The van der Waals surface area contributed by atoms with Gasteiger partial charge in [-0.1, -0.05) is 30.7 Å². The van der Waals surface area contributed by atoms with E-state index < -0.39 is 0 Å². The van der Waals surface area contributed by atoms with Gasteiger partial charge in [-0.2, -0.15) is 0 Å². The van der Waals surface area contributed by atoms with Crippen LogP contribution in [0.25, 0.3) is 0 Å². The lowest BCUT2D eigenvalue weighted by molar-refractivity contribution is 0.512. The zero-order chi connectivity index (χ0) is 13.0. The van der Waals surface area contributed by atoms with Crippen LogP contribution in [0.5, 0.6) is 0 Å². The molecule has 1 heterocycles. The molecule has 1 unspecified atom stereocenters. The van der Waals surface area contributed by atoms with Gasteiger partial charge in [-0.05, 0) is 12.6 Å². The Morgan fingerprint density at radius 1 is 1.50 bits per heavy atom. The van der Waals surface area contributed by atoms with Crippen molar-refractivity contribution in [3.05, 3.63) is 51.2 Å². The third-order valence-corrected chi connectivity index (χ3v) is 3.79. The number of halogens is 2. The molecule has 0 saturated carbocycles. The van der Waals surface area contributed by atoms with Gasteiger partial charge in [-0.3, -0.25) is 4.98 Å². The van der Waals surface area contributed by atoms with Crippen LogP contribution in [0.1, 0.15) is 23.4 Å². The highest BCUT2D eigenvalue weighted by Gasteiger charge is 2.17. The third kappa shape index (κ3) is 3.07. The van der Waals surface area contributed by atoms with Crippen LogP contribution in [0, 0.1) is 5.82 Å². The van der Waals surface area contributed by atoms with Gasteiger partial charge >= 0.3 is 0 Å². The van der Waals surface area contributed by atoms with Crippen molar-refractivity contribution in [3.63, 3.8) is 0 Å². The quantitative estimate of drug-likeness (QED) is 0.903. The van der Waals surface area contributed by atoms with Crippen molar-refractivity contribution >= 4 is 22.9 Å². The molecule has 0 aliphatic carbocycles. The van der Waals surface area contributed by atoms with Crippen LogP contribution in [0.4, 0.5) is 4.39 Å². The molecule has 18 heavy (non-hydrogen) atoms. The van der Waals surface area contributed by atoms with E-state index in [0.29, 0.717) is 5.56 Å². The van der Waals surface area contributed by atoms with Crippen molar-refractivity contribution in [2.75, 3.05) is 6.54 Å². The Bertz CT molecular complexity index is 502. The summed E-state index contributed by atoms with van der Waals surface area (Å²) in [5.74, 6) is -0.338. The first-order chi connectivity index (χ1) is 8.72. The van der Waals surface area contributed by atoms with E-state index in [2.05, 4.69) is 10.3 Å². The molecular formula is C13H14ClFN2S. The highest BCUT2D eigenvalue weighted by Crippen LogP contribution is 2.26. The first kappa shape index (κ1) is 13.5. The minimum Gasteiger partial charge on any atom is -0.310 e. The molecule has 1 atom stereocenters. The lowest BCUT2D eigenvalue weighted by Crippen LogP contribution is -2.23. The minimum atomic E-state index is -0.338. The number of likely N-dealkylation sites (N-methyl/N-ethyl adjacent to an activating group) is 1. The number of benzene rings is 1. The Hall–Kier alpha value is -0.970. The third-order valence-electron chi connectivity index (χ3n) is 2.70. The molecule has 0 aliphatic rings. The summed E-state index contributed by atoms with van der Waals surface area (Å²) in [6.45, 7) is 2.78. The maximum Gasteiger partial charge on any atom is 0.146 e. The number of hydrogen-bond donors (Lipinski definition) is 1. The first-order valence-electron chi connectivity index (χ1n) is 5.77. The van der Waals surface area contributed by atoms with Gasteiger partial charge in [-0.25, -0.2) is 4.39 Å². The predicted molar refractivity (Wildman–Crippen MR) is 73.6 cm³/mol. The maximum atomic E-state index is 14.0. The van der Waals surface area contributed by atoms with Crippen LogP contribution < -0.4 is 5.32 Å². The molecule has 0 amide bonds. The van der Waals surface area contributed by atoms with Crippen molar-refractivity contribution in [1.82, 2.24) is 10.3 Å². The SMILES string of the molecule is CCNC(Cc1cncs1)c1cccc(Cl)c1F. The van der Waals surface area contributed by atoms with Gasteiger partial charge in [-0.15, -0.1) is 11.3 Å². The summed E-state index contributed by atoms with van der Waals surface area (Å²) in [7, 11) is 0. The van der Waals surface area contributed by atoms with Crippen molar-refractivity contribution in [2.24, 2.45) is 0 Å². The Morgan fingerprint density at radius 2 is 2.33 bits per heavy atom. The lowest BCUT2D eigenvalue weighted by Gasteiger charge is -2.18. The zero-order valence-electron chi connectivity index (χ0n) is 9.99. The number of aromatic nitrogens is 1. The number of nitrogens with one attached hydrogen (secondary N) is 1. The highest BCUT2D eigenvalue weighted by molar-refractivity contribution is 7.09. The van der Waals surface area contributed by atoms with Gasteiger partial charge in [0.2, 0.25) is 0 Å². The van der Waals surface area contributed by atoms with Crippen molar-refractivity contribution < 1.29 is 4.39 Å². The first-order valence-corrected chi connectivity index (χ1v) is 7.02. The van der Waals surface area contributed by atoms with E-state index >= 15 is 0 Å². The molecule has 0 radical (unpaired) electrons. The zero-order valence-corrected chi connectivity index (χ0v) is 11.6. The van der Waals surface area contributed by atoms with E-state index in [9.17, 15) is 4.39 Å². The Morgan fingerprint density at radius 3 is 3.00 bits per heavy atom. The summed E-state index contributed by atoms with van der Waals surface area (Å²) < 4.78 is 14.0. The maximum absolute atomic E-state index is 14.0. The second-order valence-electron chi connectivity index (χ2n) is 3.93. The Kier molecular flexibility index (Phi) is 4.69. The monoisotopic (exact) mass is 284 g/mol. The van der Waals surface area contributed by atoms with Crippen LogP contribution in [0.15, 0.2) is 29.9 Å². The summed E-state index contributed by atoms with van der Waals surface area (Å²) >= 11 is 7.40. The van der Waals surface area contributed by atoms with Crippen LogP contribution in [-0.2, 0) is 6.42 Å². The fourth-order valence-corrected chi connectivity index (χ4v) is 2.70. The van der Waals surface area contributed by atoms with Gasteiger partial charge in [0.15, 0.2) is 0 Å². The fourth-order valence-electron chi connectivity index (χ4n) is 1.87. The highest BCUT2D eigenvalue weighted by atomic mass is 35.5.